The number of hydrogen-bond donors (Lipinski definition) is 2. The lowest BCUT2D eigenvalue weighted by atomic mass is 9.98. The summed E-state index contributed by atoms with van der Waals surface area (Å²) >= 11 is 1.48. The second-order valence-corrected chi connectivity index (χ2v) is 5.61. The predicted octanol–water partition coefficient (Wildman–Crippen LogP) is 3.77. The molecule has 4 heteroatoms. The minimum atomic E-state index is 0.507. The van der Waals surface area contributed by atoms with Gasteiger partial charge < -0.3 is 11.1 Å². The molecule has 0 aliphatic heterocycles. The van der Waals surface area contributed by atoms with Crippen LogP contribution in [0.1, 0.15) is 36.6 Å². The van der Waals surface area contributed by atoms with E-state index in [1.54, 1.807) is 0 Å². The van der Waals surface area contributed by atoms with Crippen LogP contribution in [0, 0.1) is 6.92 Å². The number of aromatic nitrogens is 1. The Bertz CT molecular complexity index is 532. The third-order valence-electron chi connectivity index (χ3n) is 2.94. The average molecular weight is 261 g/mol. The molecule has 0 aliphatic carbocycles. The number of aryl methyl sites for hydroxylation is 1. The molecule has 0 radical (unpaired) electrons. The standard InChI is InChI=1S/C14H19N3S/c1-9(2)12-6-4-5-10(3)13(12)16-7-11-8-18-14(15)17-11/h4-6,8-9,16H,7H2,1-3H3,(H2,15,17). The molecule has 18 heavy (non-hydrogen) atoms. The maximum Gasteiger partial charge on any atom is 0.180 e. The van der Waals surface area contributed by atoms with E-state index in [1.165, 1.54) is 28.2 Å². The van der Waals surface area contributed by atoms with E-state index in [9.17, 15) is 0 Å². The Morgan fingerprint density at radius 2 is 2.17 bits per heavy atom. The molecule has 0 fully saturated rings. The Labute approximate surface area is 112 Å². The van der Waals surface area contributed by atoms with Gasteiger partial charge in [0.1, 0.15) is 0 Å². The highest BCUT2D eigenvalue weighted by Crippen LogP contribution is 2.27. The van der Waals surface area contributed by atoms with Gasteiger partial charge in [0.25, 0.3) is 0 Å². The van der Waals surface area contributed by atoms with Gasteiger partial charge in [0.05, 0.1) is 12.2 Å². The quantitative estimate of drug-likeness (QED) is 0.881. The van der Waals surface area contributed by atoms with Crippen LogP contribution in [0.15, 0.2) is 23.6 Å². The topological polar surface area (TPSA) is 50.9 Å². The van der Waals surface area contributed by atoms with Crippen LogP contribution in [-0.2, 0) is 6.54 Å². The fourth-order valence-corrected chi connectivity index (χ4v) is 2.56. The number of para-hydroxylation sites is 1. The number of rotatable bonds is 4. The summed E-state index contributed by atoms with van der Waals surface area (Å²) in [5.74, 6) is 0.507. The SMILES string of the molecule is Cc1cccc(C(C)C)c1NCc1csc(N)n1. The maximum absolute atomic E-state index is 5.64. The van der Waals surface area contributed by atoms with Crippen molar-refractivity contribution in [2.45, 2.75) is 33.2 Å². The van der Waals surface area contributed by atoms with Crippen LogP contribution in [0.5, 0.6) is 0 Å². The lowest BCUT2D eigenvalue weighted by molar-refractivity contribution is 0.862. The van der Waals surface area contributed by atoms with Crippen LogP contribution in [-0.4, -0.2) is 4.98 Å². The normalized spacial score (nSPS) is 10.9. The number of nitrogens with one attached hydrogen (secondary N) is 1. The Morgan fingerprint density at radius 3 is 2.78 bits per heavy atom. The fourth-order valence-electron chi connectivity index (χ4n) is 2.00. The summed E-state index contributed by atoms with van der Waals surface area (Å²) in [6.07, 6.45) is 0. The molecule has 0 amide bonds. The van der Waals surface area contributed by atoms with Crippen LogP contribution in [0.25, 0.3) is 0 Å². The average Bonchev–Trinajstić information content (AvgIpc) is 2.73. The third kappa shape index (κ3) is 2.82. The molecular formula is C14H19N3S. The van der Waals surface area contributed by atoms with E-state index >= 15 is 0 Å². The summed E-state index contributed by atoms with van der Waals surface area (Å²) in [5, 5.41) is 6.10. The van der Waals surface area contributed by atoms with Crippen molar-refractivity contribution in [1.29, 1.82) is 0 Å². The third-order valence-corrected chi connectivity index (χ3v) is 3.67. The van der Waals surface area contributed by atoms with Crippen LogP contribution in [0.3, 0.4) is 0 Å². The van der Waals surface area contributed by atoms with Gasteiger partial charge in [-0.15, -0.1) is 11.3 Å². The zero-order chi connectivity index (χ0) is 13.1. The summed E-state index contributed by atoms with van der Waals surface area (Å²) in [4.78, 5) is 4.26. The van der Waals surface area contributed by atoms with Crippen molar-refractivity contribution in [3.63, 3.8) is 0 Å². The van der Waals surface area contributed by atoms with Crippen LogP contribution < -0.4 is 11.1 Å². The number of thiazole rings is 1. The molecule has 1 heterocycles. The van der Waals surface area contributed by atoms with E-state index in [0.717, 1.165) is 12.2 Å². The molecule has 0 saturated carbocycles. The Kier molecular flexibility index (Phi) is 3.87. The van der Waals surface area contributed by atoms with Crippen molar-refractivity contribution in [3.8, 4) is 0 Å². The van der Waals surface area contributed by atoms with Crippen molar-refractivity contribution < 1.29 is 0 Å². The summed E-state index contributed by atoms with van der Waals surface area (Å²) in [6.45, 7) is 7.27. The van der Waals surface area contributed by atoms with Gasteiger partial charge in [-0.05, 0) is 24.0 Å². The molecule has 0 atom stereocenters. The van der Waals surface area contributed by atoms with Crippen molar-refractivity contribution in [2.24, 2.45) is 0 Å². The van der Waals surface area contributed by atoms with Gasteiger partial charge in [-0.25, -0.2) is 4.98 Å². The van der Waals surface area contributed by atoms with Crippen LogP contribution in [0.2, 0.25) is 0 Å². The van der Waals surface area contributed by atoms with E-state index < -0.39 is 0 Å². The second kappa shape index (κ2) is 5.40. The van der Waals surface area contributed by atoms with Crippen molar-refractivity contribution in [2.75, 3.05) is 11.1 Å². The smallest absolute Gasteiger partial charge is 0.180 e. The molecule has 0 aliphatic rings. The Morgan fingerprint density at radius 1 is 1.39 bits per heavy atom. The van der Waals surface area contributed by atoms with Gasteiger partial charge >= 0.3 is 0 Å². The molecule has 0 spiro atoms. The summed E-state index contributed by atoms with van der Waals surface area (Å²) < 4.78 is 0. The van der Waals surface area contributed by atoms with E-state index in [0.29, 0.717) is 11.0 Å². The minimum absolute atomic E-state index is 0.507. The highest BCUT2D eigenvalue weighted by atomic mass is 32.1. The van der Waals surface area contributed by atoms with Gasteiger partial charge in [-0.1, -0.05) is 32.0 Å². The first kappa shape index (κ1) is 12.9. The molecular weight excluding hydrogens is 242 g/mol. The van der Waals surface area contributed by atoms with E-state index in [1.807, 2.05) is 5.38 Å². The van der Waals surface area contributed by atoms with Crippen molar-refractivity contribution in [1.82, 2.24) is 4.98 Å². The Balaban J connectivity index is 2.18. The zero-order valence-corrected chi connectivity index (χ0v) is 11.8. The first-order chi connectivity index (χ1) is 8.58. The lowest BCUT2D eigenvalue weighted by Crippen LogP contribution is -2.05. The molecule has 1 aromatic carbocycles. The van der Waals surface area contributed by atoms with Gasteiger partial charge in [0.2, 0.25) is 0 Å². The van der Waals surface area contributed by atoms with Crippen LogP contribution >= 0.6 is 11.3 Å². The van der Waals surface area contributed by atoms with Crippen LogP contribution in [0.4, 0.5) is 10.8 Å². The molecule has 3 N–H and O–H groups in total. The monoisotopic (exact) mass is 261 g/mol. The van der Waals surface area contributed by atoms with Gasteiger partial charge in [0.15, 0.2) is 5.13 Å². The highest BCUT2D eigenvalue weighted by Gasteiger charge is 2.09. The number of anilines is 2. The highest BCUT2D eigenvalue weighted by molar-refractivity contribution is 7.13. The van der Waals surface area contributed by atoms with Gasteiger partial charge in [-0.3, -0.25) is 0 Å². The van der Waals surface area contributed by atoms with Crippen molar-refractivity contribution in [3.05, 3.63) is 40.4 Å². The van der Waals surface area contributed by atoms with E-state index in [2.05, 4.69) is 49.3 Å². The number of hydrogen-bond acceptors (Lipinski definition) is 4. The molecule has 2 rings (SSSR count). The van der Waals surface area contributed by atoms with E-state index in [4.69, 9.17) is 5.73 Å². The Hall–Kier alpha value is -1.55. The zero-order valence-electron chi connectivity index (χ0n) is 11.0. The summed E-state index contributed by atoms with van der Waals surface area (Å²) in [6, 6.07) is 6.41. The fraction of sp³-hybridized carbons (Fsp3) is 0.357. The van der Waals surface area contributed by atoms with Gasteiger partial charge in [-0.2, -0.15) is 0 Å². The molecule has 0 unspecified atom stereocenters. The largest absolute Gasteiger partial charge is 0.379 e. The first-order valence-corrected chi connectivity index (χ1v) is 6.99. The summed E-state index contributed by atoms with van der Waals surface area (Å²) in [5.41, 5.74) is 10.5. The lowest BCUT2D eigenvalue weighted by Gasteiger charge is -2.16. The molecule has 0 bridgehead atoms. The van der Waals surface area contributed by atoms with Gasteiger partial charge in [0, 0.05) is 11.1 Å². The number of benzene rings is 1. The molecule has 0 saturated heterocycles. The second-order valence-electron chi connectivity index (χ2n) is 4.72. The number of nitrogen functional groups attached to an aromatic ring is 1. The predicted molar refractivity (Wildman–Crippen MR) is 79.1 cm³/mol. The summed E-state index contributed by atoms with van der Waals surface area (Å²) in [7, 11) is 0. The van der Waals surface area contributed by atoms with E-state index in [-0.39, 0.29) is 0 Å². The maximum atomic E-state index is 5.64. The first-order valence-electron chi connectivity index (χ1n) is 6.11. The minimum Gasteiger partial charge on any atom is -0.379 e. The number of nitrogens with two attached hydrogens (primary N) is 1. The number of nitrogens with zero attached hydrogens (tertiary/aromatic N) is 1. The molecule has 96 valence electrons. The van der Waals surface area contributed by atoms with Crippen molar-refractivity contribution >= 4 is 22.2 Å². The molecule has 1 aromatic heterocycles. The molecule has 2 aromatic rings. The molecule has 3 nitrogen and oxygen atoms in total.